The molecule has 0 amide bonds. The number of nitrogens with zero attached hydrogens (tertiary/aromatic N) is 1. The van der Waals surface area contributed by atoms with Crippen molar-refractivity contribution < 1.29 is 0 Å². The molecule has 1 rings (SSSR count). The van der Waals surface area contributed by atoms with Gasteiger partial charge in [0, 0.05) is 6.54 Å². The van der Waals surface area contributed by atoms with Gasteiger partial charge in [-0.3, -0.25) is 0 Å². The summed E-state index contributed by atoms with van der Waals surface area (Å²) in [5.41, 5.74) is 1.64. The molecule has 46 valence electrons. The van der Waals surface area contributed by atoms with Crippen LogP contribution < -0.4 is 0 Å². The number of hydrogen-bond acceptors (Lipinski definition) is 1. The van der Waals surface area contributed by atoms with Gasteiger partial charge < -0.3 is 4.90 Å². The van der Waals surface area contributed by atoms with E-state index in [4.69, 9.17) is 0 Å². The smallest absolute Gasteiger partial charge is 0.00126 e. The molecule has 0 atom stereocenters. The minimum atomic E-state index is 1.21. The summed E-state index contributed by atoms with van der Waals surface area (Å²) in [5.74, 6) is 0. The lowest BCUT2D eigenvalue weighted by Crippen LogP contribution is -2.12. The number of rotatable bonds is 3. The maximum atomic E-state index is 2.30. The Balaban J connectivity index is 1.95. The summed E-state index contributed by atoms with van der Waals surface area (Å²) in [6.45, 7) is 1.21. The van der Waals surface area contributed by atoms with Gasteiger partial charge in [-0.2, -0.15) is 0 Å². The van der Waals surface area contributed by atoms with Gasteiger partial charge in [-0.05, 0) is 26.9 Å². The third-order valence-corrected chi connectivity index (χ3v) is 1.37. The van der Waals surface area contributed by atoms with Crippen LogP contribution in [-0.4, -0.2) is 25.5 Å². The molecule has 0 saturated carbocycles. The van der Waals surface area contributed by atoms with Crippen LogP contribution in [0.15, 0.2) is 11.6 Å². The van der Waals surface area contributed by atoms with Crippen LogP contribution in [0.5, 0.6) is 0 Å². The molecule has 1 aliphatic carbocycles. The van der Waals surface area contributed by atoms with E-state index in [1.165, 1.54) is 19.4 Å². The second kappa shape index (κ2) is 2.31. The number of allylic oxidation sites excluding steroid dienone is 1. The molecule has 0 heterocycles. The molecule has 0 aromatic heterocycles. The minimum Gasteiger partial charge on any atom is -0.309 e. The van der Waals surface area contributed by atoms with Crippen LogP contribution in [0.25, 0.3) is 0 Å². The highest BCUT2D eigenvalue weighted by atomic mass is 15.0. The van der Waals surface area contributed by atoms with Gasteiger partial charge in [0.05, 0.1) is 0 Å². The van der Waals surface area contributed by atoms with Crippen LogP contribution in [0, 0.1) is 0 Å². The lowest BCUT2D eigenvalue weighted by molar-refractivity contribution is 0.414. The predicted molar refractivity (Wildman–Crippen MR) is 35.9 cm³/mol. The fraction of sp³-hybridized carbons (Fsp3) is 0.714. The summed E-state index contributed by atoms with van der Waals surface area (Å²) in [6, 6.07) is 0. The van der Waals surface area contributed by atoms with Gasteiger partial charge in [-0.25, -0.2) is 0 Å². The molecule has 0 aromatic carbocycles. The molecule has 0 radical (unpaired) electrons. The van der Waals surface area contributed by atoms with Gasteiger partial charge in [0.1, 0.15) is 0 Å². The third-order valence-electron chi connectivity index (χ3n) is 1.37. The first-order valence-corrected chi connectivity index (χ1v) is 3.11. The molecule has 0 spiro atoms. The van der Waals surface area contributed by atoms with Crippen molar-refractivity contribution in [2.75, 3.05) is 20.6 Å². The highest BCUT2D eigenvalue weighted by molar-refractivity contribution is 5.21. The largest absolute Gasteiger partial charge is 0.309 e. The Labute approximate surface area is 51.0 Å². The molecule has 0 saturated heterocycles. The van der Waals surface area contributed by atoms with Crippen molar-refractivity contribution in [1.29, 1.82) is 0 Å². The maximum absolute atomic E-state index is 2.30. The normalized spacial score (nSPS) is 16.6. The van der Waals surface area contributed by atoms with E-state index in [9.17, 15) is 0 Å². The Bertz CT molecular complexity index is 103. The zero-order valence-electron chi connectivity index (χ0n) is 5.65. The quantitative estimate of drug-likeness (QED) is 0.496. The third kappa shape index (κ3) is 2.12. The summed E-state index contributed by atoms with van der Waals surface area (Å²) in [6.07, 6.45) is 4.87. The summed E-state index contributed by atoms with van der Waals surface area (Å²) in [7, 11) is 4.23. The molecular weight excluding hydrogens is 98.1 g/mol. The Morgan fingerprint density at radius 3 is 2.62 bits per heavy atom. The zero-order valence-corrected chi connectivity index (χ0v) is 5.65. The molecule has 0 bridgehead atoms. The maximum Gasteiger partial charge on any atom is 0.00126 e. The summed E-state index contributed by atoms with van der Waals surface area (Å²) >= 11 is 0. The van der Waals surface area contributed by atoms with Crippen molar-refractivity contribution in [3.05, 3.63) is 11.6 Å². The Morgan fingerprint density at radius 1 is 1.62 bits per heavy atom. The van der Waals surface area contributed by atoms with E-state index in [-0.39, 0.29) is 0 Å². The first-order valence-electron chi connectivity index (χ1n) is 3.11. The molecule has 8 heavy (non-hydrogen) atoms. The average molecular weight is 111 g/mol. The van der Waals surface area contributed by atoms with Gasteiger partial charge in [-0.15, -0.1) is 0 Å². The molecule has 0 fully saturated rings. The second-order valence-electron chi connectivity index (χ2n) is 2.62. The van der Waals surface area contributed by atoms with Crippen molar-refractivity contribution in [3.8, 4) is 0 Å². The molecule has 1 aliphatic rings. The van der Waals surface area contributed by atoms with Crippen LogP contribution in [0.3, 0.4) is 0 Å². The van der Waals surface area contributed by atoms with Crippen molar-refractivity contribution in [2.24, 2.45) is 0 Å². The van der Waals surface area contributed by atoms with Crippen molar-refractivity contribution in [2.45, 2.75) is 12.8 Å². The van der Waals surface area contributed by atoms with Crippen LogP contribution in [0.1, 0.15) is 12.8 Å². The monoisotopic (exact) mass is 111 g/mol. The van der Waals surface area contributed by atoms with Crippen LogP contribution >= 0.6 is 0 Å². The van der Waals surface area contributed by atoms with Gasteiger partial charge in [0.25, 0.3) is 0 Å². The lowest BCUT2D eigenvalue weighted by atomic mass is 10.3. The fourth-order valence-electron chi connectivity index (χ4n) is 0.644. The van der Waals surface area contributed by atoms with E-state index < -0.39 is 0 Å². The van der Waals surface area contributed by atoms with Gasteiger partial charge in [0.2, 0.25) is 0 Å². The van der Waals surface area contributed by atoms with Gasteiger partial charge in [-0.1, -0.05) is 11.6 Å². The molecule has 0 aromatic rings. The van der Waals surface area contributed by atoms with Crippen molar-refractivity contribution >= 4 is 0 Å². The van der Waals surface area contributed by atoms with E-state index in [2.05, 4.69) is 25.1 Å². The molecule has 0 aliphatic heterocycles. The second-order valence-corrected chi connectivity index (χ2v) is 2.62. The molecular formula is C7H13N. The van der Waals surface area contributed by atoms with E-state index in [1.807, 2.05) is 0 Å². The van der Waals surface area contributed by atoms with E-state index >= 15 is 0 Å². The lowest BCUT2D eigenvalue weighted by Gasteiger charge is -2.05. The fourth-order valence-corrected chi connectivity index (χ4v) is 0.644. The standard InChI is InChI=1S/C7H13N/c1-8(2)6-5-7-3-4-7/h3H,4-6H2,1-2H3. The Kier molecular flexibility index (Phi) is 1.69. The zero-order chi connectivity index (χ0) is 5.98. The van der Waals surface area contributed by atoms with Gasteiger partial charge >= 0.3 is 0 Å². The summed E-state index contributed by atoms with van der Waals surface area (Å²) in [5, 5.41) is 0. The Morgan fingerprint density at radius 2 is 2.25 bits per heavy atom. The molecule has 1 heteroatoms. The van der Waals surface area contributed by atoms with E-state index in [0.717, 1.165) is 0 Å². The van der Waals surface area contributed by atoms with Crippen LogP contribution in [0.4, 0.5) is 0 Å². The van der Waals surface area contributed by atoms with Crippen molar-refractivity contribution in [1.82, 2.24) is 4.90 Å². The van der Waals surface area contributed by atoms with Crippen LogP contribution in [-0.2, 0) is 0 Å². The van der Waals surface area contributed by atoms with E-state index in [1.54, 1.807) is 5.57 Å². The molecule has 0 N–H and O–H groups in total. The average Bonchev–Trinajstić information content (AvgIpc) is 2.41. The highest BCUT2D eigenvalue weighted by Gasteiger charge is 2.05. The van der Waals surface area contributed by atoms with Crippen molar-refractivity contribution in [3.63, 3.8) is 0 Å². The van der Waals surface area contributed by atoms with E-state index in [0.29, 0.717) is 0 Å². The van der Waals surface area contributed by atoms with Crippen LogP contribution in [0.2, 0.25) is 0 Å². The summed E-state index contributed by atoms with van der Waals surface area (Å²) < 4.78 is 0. The summed E-state index contributed by atoms with van der Waals surface area (Å²) in [4.78, 5) is 2.22. The minimum absolute atomic E-state index is 1.21. The number of hydrogen-bond donors (Lipinski definition) is 0. The molecule has 1 nitrogen and oxygen atoms in total. The first kappa shape index (κ1) is 5.83. The Hall–Kier alpha value is -0.300. The SMILES string of the molecule is CN(C)CCC1=CC1. The predicted octanol–water partition coefficient (Wildman–Crippen LogP) is 1.27. The topological polar surface area (TPSA) is 3.24 Å². The first-order chi connectivity index (χ1) is 3.79. The molecule has 0 unspecified atom stereocenters. The van der Waals surface area contributed by atoms with Gasteiger partial charge in [0.15, 0.2) is 0 Å². The highest BCUT2D eigenvalue weighted by Crippen LogP contribution is 2.21.